The molecule has 15 heavy (non-hydrogen) atoms. The van der Waals surface area contributed by atoms with Crippen LogP contribution in [0.4, 0.5) is 22.0 Å². The van der Waals surface area contributed by atoms with Crippen LogP contribution < -0.4 is 4.74 Å². The highest BCUT2D eigenvalue weighted by atomic mass is 19.4. The lowest BCUT2D eigenvalue weighted by molar-refractivity contribution is -0.274. The van der Waals surface area contributed by atoms with Crippen molar-refractivity contribution in [1.29, 1.82) is 0 Å². The molecular weight excluding hydrogens is 219 g/mol. The van der Waals surface area contributed by atoms with Gasteiger partial charge in [-0.25, -0.2) is 8.78 Å². The summed E-state index contributed by atoms with van der Waals surface area (Å²) < 4.78 is 63.4. The van der Waals surface area contributed by atoms with E-state index in [4.69, 9.17) is 0 Å². The van der Waals surface area contributed by atoms with Crippen LogP contribution in [0.15, 0.2) is 18.2 Å². The summed E-state index contributed by atoms with van der Waals surface area (Å²) in [5, 5.41) is 0. The Morgan fingerprint density at radius 1 is 1.20 bits per heavy atom. The van der Waals surface area contributed by atoms with E-state index in [1.165, 1.54) is 6.92 Å². The zero-order chi connectivity index (χ0) is 11.6. The molecule has 0 amide bonds. The Morgan fingerprint density at radius 2 is 1.80 bits per heavy atom. The molecule has 1 nitrogen and oxygen atoms in total. The lowest BCUT2D eigenvalue weighted by Crippen LogP contribution is -2.17. The summed E-state index contributed by atoms with van der Waals surface area (Å²) >= 11 is 0. The first-order chi connectivity index (χ1) is 6.79. The molecule has 0 saturated carbocycles. The van der Waals surface area contributed by atoms with Gasteiger partial charge >= 0.3 is 6.36 Å². The fraction of sp³-hybridized carbons (Fsp3) is 0.333. The minimum absolute atomic E-state index is 0.222. The van der Waals surface area contributed by atoms with E-state index in [0.717, 1.165) is 12.1 Å². The van der Waals surface area contributed by atoms with Gasteiger partial charge < -0.3 is 4.74 Å². The molecule has 0 bridgehead atoms. The molecule has 0 unspecified atom stereocenters. The Morgan fingerprint density at radius 3 is 2.27 bits per heavy atom. The number of rotatable bonds is 2. The van der Waals surface area contributed by atoms with Crippen molar-refractivity contribution in [2.75, 3.05) is 0 Å². The van der Waals surface area contributed by atoms with E-state index in [1.807, 2.05) is 0 Å². The fourth-order valence-corrected chi connectivity index (χ4v) is 1.05. The maximum Gasteiger partial charge on any atom is 0.573 e. The lowest BCUT2D eigenvalue weighted by atomic mass is 10.1. The van der Waals surface area contributed by atoms with Crippen LogP contribution in [0.25, 0.3) is 0 Å². The monoisotopic (exact) mass is 226 g/mol. The molecule has 0 N–H and O–H groups in total. The second-order valence-corrected chi connectivity index (χ2v) is 2.87. The van der Waals surface area contributed by atoms with Crippen molar-refractivity contribution < 1.29 is 26.7 Å². The van der Waals surface area contributed by atoms with E-state index in [1.54, 1.807) is 0 Å². The van der Waals surface area contributed by atoms with Crippen molar-refractivity contribution in [2.45, 2.75) is 19.7 Å². The Bertz CT molecular complexity index is 345. The third-order valence-corrected chi connectivity index (χ3v) is 1.72. The highest BCUT2D eigenvalue weighted by molar-refractivity contribution is 5.35. The quantitative estimate of drug-likeness (QED) is 0.696. The number of hydrogen-bond acceptors (Lipinski definition) is 1. The number of hydrogen-bond donors (Lipinski definition) is 0. The molecule has 0 saturated heterocycles. The summed E-state index contributed by atoms with van der Waals surface area (Å²) in [6, 6.07) is 2.84. The van der Waals surface area contributed by atoms with Crippen LogP contribution in [-0.4, -0.2) is 6.36 Å². The van der Waals surface area contributed by atoms with Crippen LogP contribution in [0, 0.1) is 6.92 Å². The van der Waals surface area contributed by atoms with E-state index in [-0.39, 0.29) is 5.56 Å². The highest BCUT2D eigenvalue weighted by Crippen LogP contribution is 2.29. The van der Waals surface area contributed by atoms with E-state index in [9.17, 15) is 22.0 Å². The minimum Gasteiger partial charge on any atom is -0.406 e. The van der Waals surface area contributed by atoms with Crippen LogP contribution in [0.3, 0.4) is 0 Å². The molecule has 0 aliphatic heterocycles. The fourth-order valence-electron chi connectivity index (χ4n) is 1.05. The van der Waals surface area contributed by atoms with E-state index >= 15 is 0 Å². The average molecular weight is 226 g/mol. The number of aryl methyl sites for hydroxylation is 1. The summed E-state index contributed by atoms with van der Waals surface area (Å²) in [5.74, 6) is -0.636. The van der Waals surface area contributed by atoms with E-state index in [0.29, 0.717) is 6.07 Å². The van der Waals surface area contributed by atoms with Crippen molar-refractivity contribution in [2.24, 2.45) is 0 Å². The summed E-state index contributed by atoms with van der Waals surface area (Å²) in [4.78, 5) is 0. The molecule has 0 spiro atoms. The molecule has 1 aromatic carbocycles. The van der Waals surface area contributed by atoms with Crippen molar-refractivity contribution >= 4 is 0 Å². The van der Waals surface area contributed by atoms with Gasteiger partial charge in [0, 0.05) is 5.56 Å². The Kier molecular flexibility index (Phi) is 3.16. The molecule has 0 aliphatic carbocycles. The second kappa shape index (κ2) is 4.04. The highest BCUT2D eigenvalue weighted by Gasteiger charge is 2.31. The molecule has 0 heterocycles. The average Bonchev–Trinajstić information content (AvgIpc) is 2.05. The van der Waals surface area contributed by atoms with Gasteiger partial charge in [0.1, 0.15) is 5.75 Å². The summed E-state index contributed by atoms with van der Waals surface area (Å²) in [6.07, 6.45) is -7.68. The predicted molar refractivity (Wildman–Crippen MR) is 42.8 cm³/mol. The molecule has 1 aromatic rings. The number of halogens is 5. The predicted octanol–water partition coefficient (Wildman–Crippen LogP) is 3.83. The zero-order valence-electron chi connectivity index (χ0n) is 7.61. The van der Waals surface area contributed by atoms with Gasteiger partial charge in [0.15, 0.2) is 0 Å². The topological polar surface area (TPSA) is 9.23 Å². The normalized spacial score (nSPS) is 11.9. The van der Waals surface area contributed by atoms with E-state index < -0.39 is 24.1 Å². The third kappa shape index (κ3) is 3.38. The zero-order valence-corrected chi connectivity index (χ0v) is 7.61. The first-order valence-electron chi connectivity index (χ1n) is 3.94. The summed E-state index contributed by atoms with van der Waals surface area (Å²) in [5.41, 5.74) is -0.240. The molecule has 0 fully saturated rings. The van der Waals surface area contributed by atoms with E-state index in [2.05, 4.69) is 4.74 Å². The van der Waals surface area contributed by atoms with Crippen molar-refractivity contribution in [3.8, 4) is 5.75 Å². The maximum absolute atomic E-state index is 12.3. The molecule has 0 aromatic heterocycles. The standard InChI is InChI=1S/C9H7F5O/c1-5-2-3-6(15-9(12,13)14)4-7(5)8(10)11/h2-4,8H,1H3. The van der Waals surface area contributed by atoms with Gasteiger partial charge in [-0.05, 0) is 24.6 Å². The van der Waals surface area contributed by atoms with Gasteiger partial charge in [0.05, 0.1) is 0 Å². The molecule has 84 valence electrons. The smallest absolute Gasteiger partial charge is 0.406 e. The van der Waals surface area contributed by atoms with Gasteiger partial charge in [-0.3, -0.25) is 0 Å². The van der Waals surface area contributed by atoms with Crippen LogP contribution in [-0.2, 0) is 0 Å². The van der Waals surface area contributed by atoms with Gasteiger partial charge in [0.25, 0.3) is 6.43 Å². The third-order valence-electron chi connectivity index (χ3n) is 1.72. The summed E-state index contributed by atoms with van der Waals surface area (Å²) in [6.45, 7) is 1.39. The molecule has 0 aliphatic rings. The first kappa shape index (κ1) is 11.7. The Labute approximate surface area is 82.5 Å². The number of alkyl halides is 5. The van der Waals surface area contributed by atoms with Crippen molar-refractivity contribution in [3.05, 3.63) is 29.3 Å². The SMILES string of the molecule is Cc1ccc(OC(F)(F)F)cc1C(F)F. The minimum atomic E-state index is -4.87. The van der Waals surface area contributed by atoms with Crippen molar-refractivity contribution in [1.82, 2.24) is 0 Å². The number of ether oxygens (including phenoxy) is 1. The maximum atomic E-state index is 12.3. The Hall–Kier alpha value is -1.33. The molecule has 0 radical (unpaired) electrons. The molecule has 0 atom stereocenters. The van der Waals surface area contributed by atoms with Crippen molar-refractivity contribution in [3.63, 3.8) is 0 Å². The molecule has 6 heteroatoms. The molecule has 1 rings (SSSR count). The largest absolute Gasteiger partial charge is 0.573 e. The van der Waals surface area contributed by atoms with Crippen LogP contribution >= 0.6 is 0 Å². The van der Waals surface area contributed by atoms with Gasteiger partial charge in [-0.15, -0.1) is 13.2 Å². The first-order valence-corrected chi connectivity index (χ1v) is 3.94. The van der Waals surface area contributed by atoms with Gasteiger partial charge in [0.2, 0.25) is 0 Å². The van der Waals surface area contributed by atoms with Crippen LogP contribution in [0.1, 0.15) is 17.6 Å². The van der Waals surface area contributed by atoms with Gasteiger partial charge in [-0.2, -0.15) is 0 Å². The summed E-state index contributed by atoms with van der Waals surface area (Å²) in [7, 11) is 0. The van der Waals surface area contributed by atoms with Crippen LogP contribution in [0.5, 0.6) is 5.75 Å². The Balaban J connectivity index is 2.98. The lowest BCUT2D eigenvalue weighted by Gasteiger charge is -2.11. The second-order valence-electron chi connectivity index (χ2n) is 2.87. The van der Waals surface area contributed by atoms with Gasteiger partial charge in [-0.1, -0.05) is 6.07 Å². The van der Waals surface area contributed by atoms with Crippen LogP contribution in [0.2, 0.25) is 0 Å². The number of benzene rings is 1. The molecular formula is C9H7F5O.